The number of benzene rings is 2. The van der Waals surface area contributed by atoms with E-state index in [0.717, 1.165) is 25.5 Å². The quantitative estimate of drug-likeness (QED) is 0.212. The van der Waals surface area contributed by atoms with Gasteiger partial charge in [-0.05, 0) is 67.8 Å². The molecule has 2 aromatic rings. The maximum absolute atomic E-state index is 13.1. The molecule has 0 radical (unpaired) electrons. The molecule has 5 nitrogen and oxygen atoms in total. The van der Waals surface area contributed by atoms with E-state index in [0.29, 0.717) is 24.1 Å². The molecule has 2 aliphatic rings. The average molecular weight is 533 g/mol. The Morgan fingerprint density at radius 1 is 1.08 bits per heavy atom. The molecular weight excluding hydrogens is 507 g/mol. The first-order valence-electron chi connectivity index (χ1n) is 11.5. The summed E-state index contributed by atoms with van der Waals surface area (Å²) in [6, 6.07) is 7.80. The van der Waals surface area contributed by atoms with Crippen LogP contribution >= 0.6 is 0 Å². The molecule has 1 saturated carbocycles. The van der Waals surface area contributed by atoms with Crippen LogP contribution in [0.2, 0.25) is 0 Å². The number of nitroso groups, excluding NO2 is 1. The molecule has 5 atom stereocenters. The minimum atomic E-state index is -4.90. The molecule has 1 aliphatic carbocycles. The van der Waals surface area contributed by atoms with Crippen molar-refractivity contribution in [3.05, 3.63) is 75.4 Å². The first-order valence-corrected chi connectivity index (χ1v) is 11.5. The lowest BCUT2D eigenvalue weighted by Crippen LogP contribution is -2.27. The van der Waals surface area contributed by atoms with Crippen LogP contribution in [0.1, 0.15) is 53.9 Å². The van der Waals surface area contributed by atoms with Crippen molar-refractivity contribution in [2.45, 2.75) is 68.1 Å². The van der Waals surface area contributed by atoms with E-state index in [9.17, 15) is 40.4 Å². The molecule has 4 rings (SSSR count). The number of carbonyl (C=O) groups excluding carboxylic acids is 1. The first-order chi connectivity index (χ1) is 17.2. The number of halogens is 7. The fourth-order valence-electron chi connectivity index (χ4n) is 5.41. The van der Waals surface area contributed by atoms with Crippen LogP contribution in [0.15, 0.2) is 47.6 Å². The maximum atomic E-state index is 13.1. The number of carbonyl (C=O) groups is 1. The summed E-state index contributed by atoms with van der Waals surface area (Å²) in [5.74, 6) is 0.237. The van der Waals surface area contributed by atoms with Crippen LogP contribution in [0.4, 0.5) is 30.7 Å². The zero-order valence-electron chi connectivity index (χ0n) is 19.8. The van der Waals surface area contributed by atoms with Crippen molar-refractivity contribution < 1.29 is 35.5 Å². The van der Waals surface area contributed by atoms with Gasteiger partial charge in [0.1, 0.15) is 18.6 Å². The Kier molecular flexibility index (Phi) is 8.43. The summed E-state index contributed by atoms with van der Waals surface area (Å²) >= 11 is 0. The van der Waals surface area contributed by atoms with E-state index in [1.54, 1.807) is 0 Å². The van der Waals surface area contributed by atoms with Crippen LogP contribution < -0.4 is 5.73 Å². The third-order valence-electron chi connectivity index (χ3n) is 7.14. The molecule has 2 N–H and O–H groups in total. The van der Waals surface area contributed by atoms with Crippen LogP contribution in [0, 0.1) is 10.7 Å². The van der Waals surface area contributed by atoms with Crippen LogP contribution in [-0.4, -0.2) is 35.9 Å². The fraction of sp³-hybridized carbons (Fsp3) is 0.480. The Balaban J connectivity index is 0.000000209. The highest BCUT2D eigenvalue weighted by Gasteiger charge is 2.65. The molecular formula is C25H26F7N3O2. The Labute approximate surface area is 208 Å². The van der Waals surface area contributed by atoms with Crippen LogP contribution in [-0.2, 0) is 23.7 Å². The average Bonchev–Trinajstić information content (AvgIpc) is 3.16. The molecule has 37 heavy (non-hydrogen) atoms. The monoisotopic (exact) mass is 533 g/mol. The molecule has 0 bridgehead atoms. The molecule has 0 amide bonds. The van der Waals surface area contributed by atoms with Gasteiger partial charge in [0.15, 0.2) is 0 Å². The number of nitrogens with two attached hydrogens (primary N) is 1. The Morgan fingerprint density at radius 3 is 2.14 bits per heavy atom. The second-order valence-corrected chi connectivity index (χ2v) is 9.35. The largest absolute Gasteiger partial charge is 0.416 e. The Hall–Kier alpha value is -2.86. The lowest BCUT2D eigenvalue weighted by Gasteiger charge is -2.20. The summed E-state index contributed by atoms with van der Waals surface area (Å²) < 4.78 is 86.9. The Morgan fingerprint density at radius 2 is 1.65 bits per heavy atom. The normalized spacial score (nSPS) is 25.8. The van der Waals surface area contributed by atoms with E-state index in [1.165, 1.54) is 24.1 Å². The highest BCUT2D eigenvalue weighted by molar-refractivity contribution is 5.57. The van der Waals surface area contributed by atoms with E-state index in [1.807, 2.05) is 12.1 Å². The number of likely N-dealkylation sites (N-methyl/N-ethyl adjacent to an activating group) is 1. The number of rotatable bonds is 6. The fourth-order valence-corrected chi connectivity index (χ4v) is 5.41. The molecule has 1 saturated heterocycles. The predicted octanol–water partition coefficient (Wildman–Crippen LogP) is 6.05. The van der Waals surface area contributed by atoms with Crippen LogP contribution in [0.5, 0.6) is 0 Å². The van der Waals surface area contributed by atoms with Crippen LogP contribution in [0.3, 0.4) is 0 Å². The number of hydrogen-bond acceptors (Lipinski definition) is 5. The van der Waals surface area contributed by atoms with Gasteiger partial charge in [-0.2, -0.15) is 31.2 Å². The van der Waals surface area contributed by atoms with E-state index in [4.69, 9.17) is 5.73 Å². The van der Waals surface area contributed by atoms with Crippen molar-refractivity contribution in [1.82, 2.24) is 4.90 Å². The van der Waals surface area contributed by atoms with Crippen molar-refractivity contribution in [1.29, 1.82) is 0 Å². The third kappa shape index (κ3) is 6.35. The summed E-state index contributed by atoms with van der Waals surface area (Å²) in [5.41, 5.74) is 3.80. The number of aldehydes is 1. The summed E-state index contributed by atoms with van der Waals surface area (Å²) in [4.78, 5) is 23.0. The zero-order chi connectivity index (χ0) is 27.6. The molecule has 2 aromatic carbocycles. The molecule has 202 valence electrons. The van der Waals surface area contributed by atoms with Crippen molar-refractivity contribution in [3.8, 4) is 0 Å². The minimum Gasteiger partial charge on any atom is -0.322 e. The summed E-state index contributed by atoms with van der Waals surface area (Å²) in [6.45, 7) is -0.743. The van der Waals surface area contributed by atoms with Gasteiger partial charge in [-0.1, -0.05) is 23.7 Å². The lowest BCUT2D eigenvalue weighted by molar-refractivity contribution is -0.143. The second kappa shape index (κ2) is 10.9. The number of hydrogen-bond donors (Lipinski definition) is 1. The molecule has 5 unspecified atom stereocenters. The third-order valence-corrected chi connectivity index (χ3v) is 7.14. The SMILES string of the molecule is CN1C(CC(N)C=O)C12CCCC2c1ccc(F)cc1.O=NCc1cc(C(F)(F)F)cc(C(F)(F)F)c1. The van der Waals surface area contributed by atoms with E-state index < -0.39 is 35.6 Å². The molecule has 2 fully saturated rings. The highest BCUT2D eigenvalue weighted by Crippen LogP contribution is 2.60. The van der Waals surface area contributed by atoms with Gasteiger partial charge < -0.3 is 10.5 Å². The minimum absolute atomic E-state index is 0.00565. The van der Waals surface area contributed by atoms with Gasteiger partial charge >= 0.3 is 12.4 Å². The van der Waals surface area contributed by atoms with E-state index >= 15 is 0 Å². The van der Waals surface area contributed by atoms with Gasteiger partial charge in [-0.25, -0.2) is 4.39 Å². The van der Waals surface area contributed by atoms with Gasteiger partial charge in [0.2, 0.25) is 0 Å². The van der Waals surface area contributed by atoms with Gasteiger partial charge in [-0.15, -0.1) is 0 Å². The molecule has 1 aliphatic heterocycles. The molecule has 1 spiro atoms. The van der Waals surface area contributed by atoms with Crippen molar-refractivity contribution in [2.75, 3.05) is 7.05 Å². The van der Waals surface area contributed by atoms with Gasteiger partial charge in [-0.3, -0.25) is 4.90 Å². The van der Waals surface area contributed by atoms with E-state index in [-0.39, 0.29) is 23.5 Å². The zero-order valence-corrected chi connectivity index (χ0v) is 19.8. The first kappa shape index (κ1) is 28.7. The number of alkyl halides is 6. The topological polar surface area (TPSA) is 75.5 Å². The van der Waals surface area contributed by atoms with Crippen LogP contribution in [0.25, 0.3) is 0 Å². The summed E-state index contributed by atoms with van der Waals surface area (Å²) in [5, 5.41) is 2.27. The van der Waals surface area contributed by atoms with Gasteiger partial charge in [0, 0.05) is 17.5 Å². The van der Waals surface area contributed by atoms with Gasteiger partial charge in [0.05, 0.1) is 17.2 Å². The lowest BCUT2D eigenvalue weighted by atomic mass is 9.84. The standard InChI is InChI=1S/C16H21FN2O.C9H5F6NO/c1-19-15(9-13(18)10-20)16(19)8-2-3-14(16)11-4-6-12(17)7-5-11;10-8(11,12)6-1-5(4-16-17)2-7(3-6)9(13,14)15/h4-7,10,13-15H,2-3,8-9,18H2,1H3;1-3H,4H2. The van der Waals surface area contributed by atoms with Crippen molar-refractivity contribution in [2.24, 2.45) is 10.9 Å². The number of nitrogens with zero attached hydrogens (tertiary/aromatic N) is 2. The van der Waals surface area contributed by atoms with E-state index in [2.05, 4.69) is 17.1 Å². The second-order valence-electron chi connectivity index (χ2n) is 9.35. The predicted molar refractivity (Wildman–Crippen MR) is 122 cm³/mol. The Bertz CT molecular complexity index is 1070. The smallest absolute Gasteiger partial charge is 0.322 e. The maximum Gasteiger partial charge on any atom is 0.416 e. The van der Waals surface area contributed by atoms with Crippen molar-refractivity contribution >= 4 is 6.29 Å². The highest BCUT2D eigenvalue weighted by atomic mass is 19.4. The molecule has 0 aromatic heterocycles. The van der Waals surface area contributed by atoms with Gasteiger partial charge in [0.25, 0.3) is 0 Å². The van der Waals surface area contributed by atoms with Crippen molar-refractivity contribution in [3.63, 3.8) is 0 Å². The molecule has 1 heterocycles. The summed E-state index contributed by atoms with van der Waals surface area (Å²) in [7, 11) is 2.12. The molecule has 12 heteroatoms. The summed E-state index contributed by atoms with van der Waals surface area (Å²) in [6.07, 6.45) is -4.80.